The maximum absolute atomic E-state index is 5.50. The molecule has 1 radical (unpaired) electrons. The third-order valence-electron chi connectivity index (χ3n) is 1.34. The van der Waals surface area contributed by atoms with E-state index in [4.69, 9.17) is 5.73 Å². The lowest BCUT2D eigenvalue weighted by molar-refractivity contribution is 1.09. The highest BCUT2D eigenvalue weighted by Gasteiger charge is 1.93. The first-order valence-corrected chi connectivity index (χ1v) is 3.37. The van der Waals surface area contributed by atoms with Crippen LogP contribution in [0.15, 0.2) is 6.07 Å². The molecule has 0 saturated carbocycles. The van der Waals surface area contributed by atoms with E-state index in [9.17, 15) is 0 Å². The van der Waals surface area contributed by atoms with Gasteiger partial charge < -0.3 is 5.73 Å². The van der Waals surface area contributed by atoms with Crippen molar-refractivity contribution in [2.24, 2.45) is 0 Å². The second kappa shape index (κ2) is 2.69. The van der Waals surface area contributed by atoms with Gasteiger partial charge in [0.25, 0.3) is 0 Å². The molecule has 0 unspecified atom stereocenters. The number of anilines is 1. The molecule has 0 aliphatic heterocycles. The molecule has 0 spiro atoms. The Morgan fingerprint density at radius 2 is 2.40 bits per heavy atom. The Kier molecular flexibility index (Phi) is 1.90. The minimum atomic E-state index is 0.591. The monoisotopic (exact) mass is 135 g/mol. The quantitative estimate of drug-likeness (QED) is 0.631. The van der Waals surface area contributed by atoms with E-state index in [0.29, 0.717) is 5.82 Å². The Bertz CT molecular complexity index is 210. The fourth-order valence-corrected chi connectivity index (χ4v) is 0.891. The predicted octanol–water partition coefficient (Wildman–Crippen LogP) is 1.33. The van der Waals surface area contributed by atoms with E-state index in [0.717, 1.165) is 17.7 Å². The average molecular weight is 135 g/mol. The van der Waals surface area contributed by atoms with Crippen molar-refractivity contribution in [1.29, 1.82) is 0 Å². The lowest BCUT2D eigenvalue weighted by Gasteiger charge is -1.98. The molecular formula is C8H11N2. The highest BCUT2D eigenvalue weighted by atomic mass is 14.8. The third-order valence-corrected chi connectivity index (χ3v) is 1.34. The van der Waals surface area contributed by atoms with Crippen LogP contribution in [0.4, 0.5) is 5.82 Å². The van der Waals surface area contributed by atoms with E-state index in [1.54, 1.807) is 0 Å². The van der Waals surface area contributed by atoms with Crippen LogP contribution in [0.1, 0.15) is 18.2 Å². The van der Waals surface area contributed by atoms with Crippen LogP contribution in [-0.4, -0.2) is 4.98 Å². The molecule has 1 heterocycles. The lowest BCUT2D eigenvalue weighted by atomic mass is 10.2. The SMILES string of the molecule is CCc1[c]c(C)nc(N)c1. The summed E-state index contributed by atoms with van der Waals surface area (Å²) in [5.74, 6) is 0.591. The van der Waals surface area contributed by atoms with Crippen molar-refractivity contribution in [3.05, 3.63) is 23.4 Å². The zero-order chi connectivity index (χ0) is 7.56. The first-order valence-electron chi connectivity index (χ1n) is 3.37. The van der Waals surface area contributed by atoms with E-state index < -0.39 is 0 Å². The number of aromatic nitrogens is 1. The van der Waals surface area contributed by atoms with Gasteiger partial charge in [-0.3, -0.25) is 0 Å². The van der Waals surface area contributed by atoms with Crippen molar-refractivity contribution in [3.8, 4) is 0 Å². The van der Waals surface area contributed by atoms with Crippen molar-refractivity contribution in [2.75, 3.05) is 5.73 Å². The summed E-state index contributed by atoms with van der Waals surface area (Å²) in [6, 6.07) is 4.96. The number of hydrogen-bond donors (Lipinski definition) is 1. The summed E-state index contributed by atoms with van der Waals surface area (Å²) in [6.07, 6.45) is 0.966. The number of nitrogens with zero attached hydrogens (tertiary/aromatic N) is 1. The Morgan fingerprint density at radius 3 is 2.90 bits per heavy atom. The summed E-state index contributed by atoms with van der Waals surface area (Å²) >= 11 is 0. The van der Waals surface area contributed by atoms with Crippen molar-refractivity contribution in [3.63, 3.8) is 0 Å². The van der Waals surface area contributed by atoms with Gasteiger partial charge in [-0.05, 0) is 25.0 Å². The highest BCUT2D eigenvalue weighted by molar-refractivity contribution is 5.33. The van der Waals surface area contributed by atoms with Crippen LogP contribution >= 0.6 is 0 Å². The van der Waals surface area contributed by atoms with Gasteiger partial charge in [0.2, 0.25) is 0 Å². The topological polar surface area (TPSA) is 38.9 Å². The normalized spacial score (nSPS) is 9.80. The van der Waals surface area contributed by atoms with E-state index in [1.165, 1.54) is 0 Å². The van der Waals surface area contributed by atoms with E-state index in [1.807, 2.05) is 13.0 Å². The molecular weight excluding hydrogens is 124 g/mol. The molecule has 0 amide bonds. The zero-order valence-electron chi connectivity index (χ0n) is 6.31. The van der Waals surface area contributed by atoms with Crippen LogP contribution in [0.3, 0.4) is 0 Å². The van der Waals surface area contributed by atoms with Crippen LogP contribution in [0.25, 0.3) is 0 Å². The van der Waals surface area contributed by atoms with Gasteiger partial charge in [0, 0.05) is 11.8 Å². The van der Waals surface area contributed by atoms with E-state index in [2.05, 4.69) is 18.0 Å². The maximum atomic E-state index is 5.50. The fraction of sp³-hybridized carbons (Fsp3) is 0.375. The van der Waals surface area contributed by atoms with Crippen LogP contribution < -0.4 is 5.73 Å². The number of nitrogen functional groups attached to an aromatic ring is 1. The first-order chi connectivity index (χ1) is 4.72. The van der Waals surface area contributed by atoms with Crippen molar-refractivity contribution in [2.45, 2.75) is 20.3 Å². The van der Waals surface area contributed by atoms with Crippen LogP contribution in [0.5, 0.6) is 0 Å². The van der Waals surface area contributed by atoms with Crippen LogP contribution in [-0.2, 0) is 6.42 Å². The molecule has 0 aliphatic carbocycles. The summed E-state index contributed by atoms with van der Waals surface area (Å²) < 4.78 is 0. The van der Waals surface area contributed by atoms with Crippen molar-refractivity contribution in [1.82, 2.24) is 4.98 Å². The van der Waals surface area contributed by atoms with Gasteiger partial charge in [0.05, 0.1) is 0 Å². The van der Waals surface area contributed by atoms with Gasteiger partial charge in [0.15, 0.2) is 0 Å². The highest BCUT2D eigenvalue weighted by Crippen LogP contribution is 2.05. The largest absolute Gasteiger partial charge is 0.384 e. The molecule has 2 N–H and O–H groups in total. The summed E-state index contributed by atoms with van der Waals surface area (Å²) in [6.45, 7) is 3.97. The molecule has 0 saturated heterocycles. The molecule has 2 heteroatoms. The van der Waals surface area contributed by atoms with Crippen LogP contribution in [0, 0.1) is 13.0 Å². The van der Waals surface area contributed by atoms with E-state index in [-0.39, 0.29) is 0 Å². The fourth-order valence-electron chi connectivity index (χ4n) is 0.891. The number of nitrogens with two attached hydrogens (primary N) is 1. The smallest absolute Gasteiger partial charge is 0.123 e. The Labute approximate surface area is 61.1 Å². The first kappa shape index (κ1) is 7.06. The van der Waals surface area contributed by atoms with Gasteiger partial charge in [0.1, 0.15) is 5.82 Å². The second-order valence-electron chi connectivity index (χ2n) is 2.27. The summed E-state index contributed by atoms with van der Waals surface area (Å²) in [7, 11) is 0. The van der Waals surface area contributed by atoms with Crippen molar-refractivity contribution >= 4 is 5.82 Å². The summed E-state index contributed by atoms with van der Waals surface area (Å²) in [4.78, 5) is 4.00. The van der Waals surface area contributed by atoms with Gasteiger partial charge in [-0.15, -0.1) is 0 Å². The minimum absolute atomic E-state index is 0.591. The van der Waals surface area contributed by atoms with Gasteiger partial charge in [-0.25, -0.2) is 4.98 Å². The molecule has 0 aliphatic rings. The number of hydrogen-bond acceptors (Lipinski definition) is 2. The molecule has 2 nitrogen and oxygen atoms in total. The number of aryl methyl sites for hydroxylation is 2. The Morgan fingerprint density at radius 1 is 1.70 bits per heavy atom. The number of rotatable bonds is 1. The molecule has 0 atom stereocenters. The maximum Gasteiger partial charge on any atom is 0.123 e. The van der Waals surface area contributed by atoms with Gasteiger partial charge >= 0.3 is 0 Å². The van der Waals surface area contributed by atoms with Crippen molar-refractivity contribution < 1.29 is 0 Å². The third kappa shape index (κ3) is 1.47. The Hall–Kier alpha value is -1.05. The number of pyridine rings is 1. The molecule has 1 aromatic heterocycles. The minimum Gasteiger partial charge on any atom is -0.384 e. The molecule has 0 fully saturated rings. The molecule has 10 heavy (non-hydrogen) atoms. The molecule has 53 valence electrons. The molecule has 0 aromatic carbocycles. The molecule has 1 aromatic rings. The Balaban J connectivity index is 3.06. The average Bonchev–Trinajstić information content (AvgIpc) is 1.85. The van der Waals surface area contributed by atoms with Gasteiger partial charge in [-0.1, -0.05) is 6.92 Å². The van der Waals surface area contributed by atoms with Crippen LogP contribution in [0.2, 0.25) is 0 Å². The summed E-state index contributed by atoms with van der Waals surface area (Å²) in [5.41, 5.74) is 7.51. The summed E-state index contributed by atoms with van der Waals surface area (Å²) in [5, 5.41) is 0. The lowest BCUT2D eigenvalue weighted by Crippen LogP contribution is -1.94. The second-order valence-corrected chi connectivity index (χ2v) is 2.27. The molecule has 1 rings (SSSR count). The zero-order valence-corrected chi connectivity index (χ0v) is 6.31. The standard InChI is InChI=1S/C8H11N2/c1-3-7-4-6(2)10-8(9)5-7/h5H,3H2,1-2H3,(H2,9,10). The molecule has 0 bridgehead atoms. The predicted molar refractivity (Wildman–Crippen MR) is 41.6 cm³/mol. The van der Waals surface area contributed by atoms with E-state index >= 15 is 0 Å². The van der Waals surface area contributed by atoms with Gasteiger partial charge in [-0.2, -0.15) is 0 Å².